The summed E-state index contributed by atoms with van der Waals surface area (Å²) in [7, 11) is 1.52. The molecule has 0 saturated heterocycles. The Morgan fingerprint density at radius 3 is 2.42 bits per heavy atom. The van der Waals surface area contributed by atoms with Gasteiger partial charge in [-0.25, -0.2) is 0 Å². The summed E-state index contributed by atoms with van der Waals surface area (Å²) in [4.78, 5) is 21.4. The van der Waals surface area contributed by atoms with Crippen molar-refractivity contribution >= 4 is 11.9 Å². The molecule has 0 rings (SSSR count). The molecule has 70 valence electrons. The van der Waals surface area contributed by atoms with Gasteiger partial charge in [-0.1, -0.05) is 13.3 Å². The molecule has 0 aliphatic rings. The lowest BCUT2D eigenvalue weighted by molar-refractivity contribution is -0.141. The molecule has 0 fully saturated rings. The fraction of sp³-hybridized carbons (Fsp3) is 0.750. The first-order valence-electron chi connectivity index (χ1n) is 4.05. The van der Waals surface area contributed by atoms with Crippen molar-refractivity contribution in [1.29, 1.82) is 0 Å². The molecule has 0 aliphatic heterocycles. The van der Waals surface area contributed by atoms with Crippen molar-refractivity contribution in [1.82, 2.24) is 5.32 Å². The quantitative estimate of drug-likeness (QED) is 0.640. The van der Waals surface area contributed by atoms with E-state index in [2.05, 4.69) is 5.32 Å². The highest BCUT2D eigenvalue weighted by atomic mass is 16.4. The van der Waals surface area contributed by atoms with Crippen LogP contribution in [0.2, 0.25) is 0 Å². The molecule has 4 heteroatoms. The van der Waals surface area contributed by atoms with E-state index in [0.29, 0.717) is 6.42 Å². The Bertz CT molecular complexity index is 168. The van der Waals surface area contributed by atoms with Crippen molar-refractivity contribution in [2.75, 3.05) is 7.05 Å². The molecule has 0 aromatic carbocycles. The maximum absolute atomic E-state index is 11.1. The minimum absolute atomic E-state index is 0.0759. The van der Waals surface area contributed by atoms with E-state index in [1.807, 2.05) is 6.92 Å². The summed E-state index contributed by atoms with van der Waals surface area (Å²) in [6.07, 6.45) is 1.38. The second-order valence-corrected chi connectivity index (χ2v) is 2.70. The van der Waals surface area contributed by atoms with Gasteiger partial charge in [-0.15, -0.1) is 0 Å². The van der Waals surface area contributed by atoms with E-state index >= 15 is 0 Å². The first-order chi connectivity index (χ1) is 5.61. The van der Waals surface area contributed by atoms with Crippen molar-refractivity contribution < 1.29 is 14.7 Å². The largest absolute Gasteiger partial charge is 0.481 e. The number of carboxylic acid groups (broad SMARTS) is 1. The van der Waals surface area contributed by atoms with Crippen LogP contribution in [0, 0.1) is 5.92 Å². The first-order valence-corrected chi connectivity index (χ1v) is 4.05. The molecular weight excluding hydrogens is 158 g/mol. The van der Waals surface area contributed by atoms with Crippen LogP contribution in [0.1, 0.15) is 26.2 Å². The van der Waals surface area contributed by atoms with Crippen LogP contribution in [-0.4, -0.2) is 24.0 Å². The monoisotopic (exact) mass is 173 g/mol. The smallest absolute Gasteiger partial charge is 0.304 e. The lowest BCUT2D eigenvalue weighted by Crippen LogP contribution is -2.28. The Balaban J connectivity index is 4.02. The number of hydrogen-bond acceptors (Lipinski definition) is 2. The van der Waals surface area contributed by atoms with Crippen LogP contribution in [-0.2, 0) is 9.59 Å². The zero-order valence-electron chi connectivity index (χ0n) is 7.46. The van der Waals surface area contributed by atoms with Gasteiger partial charge in [0.05, 0.1) is 6.42 Å². The standard InChI is InChI=1S/C8H15NO3/c1-3-4-6(5-7(10)11)8(12)9-2/h6H,3-5H2,1-2H3,(H,9,12)(H,10,11). The summed E-state index contributed by atoms with van der Waals surface area (Å²) >= 11 is 0. The van der Waals surface area contributed by atoms with Gasteiger partial charge in [0.15, 0.2) is 0 Å². The molecule has 0 radical (unpaired) electrons. The van der Waals surface area contributed by atoms with E-state index in [1.54, 1.807) is 0 Å². The van der Waals surface area contributed by atoms with Crippen LogP contribution in [0.3, 0.4) is 0 Å². The Morgan fingerprint density at radius 2 is 2.08 bits per heavy atom. The predicted molar refractivity (Wildman–Crippen MR) is 44.7 cm³/mol. The average Bonchev–Trinajstić information content (AvgIpc) is 2.01. The van der Waals surface area contributed by atoms with Crippen LogP contribution < -0.4 is 5.32 Å². The molecule has 0 aliphatic carbocycles. The van der Waals surface area contributed by atoms with E-state index in [0.717, 1.165) is 6.42 Å². The molecular formula is C8H15NO3. The fourth-order valence-corrected chi connectivity index (χ4v) is 1.09. The number of carboxylic acids is 1. The van der Waals surface area contributed by atoms with E-state index in [-0.39, 0.29) is 18.2 Å². The van der Waals surface area contributed by atoms with Crippen molar-refractivity contribution in [3.05, 3.63) is 0 Å². The van der Waals surface area contributed by atoms with Gasteiger partial charge in [0.1, 0.15) is 0 Å². The van der Waals surface area contributed by atoms with Gasteiger partial charge < -0.3 is 10.4 Å². The summed E-state index contributed by atoms with van der Waals surface area (Å²) in [5, 5.41) is 10.9. The van der Waals surface area contributed by atoms with Crippen molar-refractivity contribution in [3.63, 3.8) is 0 Å². The molecule has 0 spiro atoms. The second kappa shape index (κ2) is 5.57. The van der Waals surface area contributed by atoms with E-state index in [4.69, 9.17) is 5.11 Å². The normalized spacial score (nSPS) is 12.2. The van der Waals surface area contributed by atoms with Gasteiger partial charge in [0.2, 0.25) is 5.91 Å². The molecule has 12 heavy (non-hydrogen) atoms. The predicted octanol–water partition coefficient (Wildman–Crippen LogP) is 0.623. The van der Waals surface area contributed by atoms with Crippen LogP contribution in [0.4, 0.5) is 0 Å². The Morgan fingerprint density at radius 1 is 1.50 bits per heavy atom. The maximum Gasteiger partial charge on any atom is 0.304 e. The molecule has 0 bridgehead atoms. The first kappa shape index (κ1) is 10.9. The Kier molecular flexibility index (Phi) is 5.08. The zero-order chi connectivity index (χ0) is 9.56. The lowest BCUT2D eigenvalue weighted by atomic mass is 9.99. The molecule has 0 heterocycles. The molecule has 1 atom stereocenters. The third kappa shape index (κ3) is 3.95. The van der Waals surface area contributed by atoms with E-state index in [9.17, 15) is 9.59 Å². The SMILES string of the molecule is CCCC(CC(=O)O)C(=O)NC. The number of carbonyl (C=O) groups is 2. The average molecular weight is 173 g/mol. The van der Waals surface area contributed by atoms with Gasteiger partial charge in [-0.3, -0.25) is 9.59 Å². The molecule has 2 N–H and O–H groups in total. The fourth-order valence-electron chi connectivity index (χ4n) is 1.09. The van der Waals surface area contributed by atoms with E-state index < -0.39 is 5.97 Å². The van der Waals surface area contributed by atoms with Gasteiger partial charge >= 0.3 is 5.97 Å². The minimum Gasteiger partial charge on any atom is -0.481 e. The third-order valence-electron chi connectivity index (χ3n) is 1.68. The number of aliphatic carboxylic acids is 1. The van der Waals surface area contributed by atoms with Crippen LogP contribution in [0.25, 0.3) is 0 Å². The topological polar surface area (TPSA) is 66.4 Å². The van der Waals surface area contributed by atoms with Gasteiger partial charge in [0.25, 0.3) is 0 Å². The van der Waals surface area contributed by atoms with Crippen LogP contribution >= 0.6 is 0 Å². The van der Waals surface area contributed by atoms with Gasteiger partial charge in [-0.2, -0.15) is 0 Å². The lowest BCUT2D eigenvalue weighted by Gasteiger charge is -2.10. The van der Waals surface area contributed by atoms with Gasteiger partial charge in [0, 0.05) is 13.0 Å². The Labute approximate surface area is 72.0 Å². The molecule has 0 aromatic heterocycles. The molecule has 1 unspecified atom stereocenters. The minimum atomic E-state index is -0.919. The summed E-state index contributed by atoms with van der Waals surface area (Å²) in [6.45, 7) is 1.93. The zero-order valence-corrected chi connectivity index (χ0v) is 7.46. The summed E-state index contributed by atoms with van der Waals surface area (Å²) in [6, 6.07) is 0. The van der Waals surface area contributed by atoms with Crippen LogP contribution in [0.15, 0.2) is 0 Å². The highest BCUT2D eigenvalue weighted by Crippen LogP contribution is 2.10. The highest BCUT2D eigenvalue weighted by molar-refractivity contribution is 5.82. The summed E-state index contributed by atoms with van der Waals surface area (Å²) < 4.78 is 0. The second-order valence-electron chi connectivity index (χ2n) is 2.70. The van der Waals surface area contributed by atoms with Crippen LogP contribution in [0.5, 0.6) is 0 Å². The highest BCUT2D eigenvalue weighted by Gasteiger charge is 2.18. The van der Waals surface area contributed by atoms with Crippen molar-refractivity contribution in [3.8, 4) is 0 Å². The number of carbonyl (C=O) groups excluding carboxylic acids is 1. The molecule has 1 amide bonds. The Hall–Kier alpha value is -1.06. The summed E-state index contributed by atoms with van der Waals surface area (Å²) in [5.74, 6) is -1.48. The summed E-state index contributed by atoms with van der Waals surface area (Å²) in [5.41, 5.74) is 0. The molecule has 0 saturated carbocycles. The number of rotatable bonds is 5. The number of amides is 1. The van der Waals surface area contributed by atoms with Crippen molar-refractivity contribution in [2.24, 2.45) is 5.92 Å². The maximum atomic E-state index is 11.1. The van der Waals surface area contributed by atoms with E-state index in [1.165, 1.54) is 7.05 Å². The number of nitrogens with one attached hydrogen (secondary N) is 1. The number of hydrogen-bond donors (Lipinski definition) is 2. The third-order valence-corrected chi connectivity index (χ3v) is 1.68. The molecule has 0 aromatic rings. The molecule has 4 nitrogen and oxygen atoms in total. The van der Waals surface area contributed by atoms with Gasteiger partial charge in [-0.05, 0) is 6.42 Å². The van der Waals surface area contributed by atoms with Crippen molar-refractivity contribution in [2.45, 2.75) is 26.2 Å².